The summed E-state index contributed by atoms with van der Waals surface area (Å²) in [6, 6.07) is 0. The third-order valence-corrected chi connectivity index (χ3v) is 2.73. The van der Waals surface area contributed by atoms with Crippen LogP contribution in [0.5, 0.6) is 0 Å². The molecule has 0 unspecified atom stereocenters. The molecule has 0 radical (unpaired) electrons. The van der Waals surface area contributed by atoms with Crippen molar-refractivity contribution >= 4 is 11.8 Å². The fourth-order valence-electron chi connectivity index (χ4n) is 1.14. The van der Waals surface area contributed by atoms with Gasteiger partial charge in [-0.2, -0.15) is 0 Å². The molecule has 0 saturated heterocycles. The number of nitrogens with one attached hydrogen (secondary N) is 2. The Morgan fingerprint density at radius 3 is 1.48 bits per heavy atom. The molecule has 2 amide bonds. The summed E-state index contributed by atoms with van der Waals surface area (Å²) in [6.07, 6.45) is 0. The Labute approximate surface area is 142 Å². The molecule has 138 valence electrons. The predicted molar refractivity (Wildman–Crippen MR) is 96.3 cm³/mol. The molecule has 2 N–H and O–H groups in total. The Hall–Kier alpha value is -1.10. The highest BCUT2D eigenvalue weighted by molar-refractivity contribution is 5.81. The van der Waals surface area contributed by atoms with E-state index in [-0.39, 0.29) is 28.1 Å². The second-order valence-corrected chi connectivity index (χ2v) is 8.99. The molecule has 0 aromatic rings. The van der Waals surface area contributed by atoms with E-state index >= 15 is 0 Å². The molecular formula is C18H38N2O3. The topological polar surface area (TPSA) is 67.4 Å². The van der Waals surface area contributed by atoms with E-state index in [1.54, 1.807) is 7.11 Å². The Morgan fingerprint density at radius 2 is 1.17 bits per heavy atom. The molecule has 0 aliphatic heterocycles. The molecule has 0 spiro atoms. The Kier molecular flexibility index (Phi) is 10.4. The molecule has 0 aliphatic carbocycles. The van der Waals surface area contributed by atoms with Gasteiger partial charge in [-0.15, -0.1) is 0 Å². The summed E-state index contributed by atoms with van der Waals surface area (Å²) < 4.78 is 4.79. The molecular weight excluding hydrogens is 292 g/mol. The molecule has 0 aliphatic rings. The molecule has 23 heavy (non-hydrogen) atoms. The summed E-state index contributed by atoms with van der Waals surface area (Å²) in [5.41, 5.74) is -0.403. The van der Waals surface area contributed by atoms with Crippen LogP contribution in [-0.4, -0.2) is 38.6 Å². The van der Waals surface area contributed by atoms with E-state index in [2.05, 4.69) is 31.4 Å². The first kappa shape index (κ1) is 24.2. The lowest BCUT2D eigenvalue weighted by Gasteiger charge is -2.23. The smallest absolute Gasteiger partial charge is 0.225 e. The van der Waals surface area contributed by atoms with Crippen LogP contribution in [0.3, 0.4) is 0 Å². The van der Waals surface area contributed by atoms with E-state index in [1.807, 2.05) is 41.5 Å². The number of amides is 2. The third-order valence-electron chi connectivity index (χ3n) is 2.73. The van der Waals surface area contributed by atoms with E-state index in [0.29, 0.717) is 13.2 Å². The zero-order valence-electron chi connectivity index (χ0n) is 16.8. The number of hydrogen-bond donors (Lipinski definition) is 2. The van der Waals surface area contributed by atoms with Crippen LogP contribution in [0.25, 0.3) is 0 Å². The second kappa shape index (κ2) is 9.91. The molecule has 0 aromatic carbocycles. The predicted octanol–water partition coefficient (Wildman–Crippen LogP) is 2.99. The lowest BCUT2D eigenvalue weighted by atomic mass is 9.93. The summed E-state index contributed by atoms with van der Waals surface area (Å²) in [4.78, 5) is 22.6. The summed E-state index contributed by atoms with van der Waals surface area (Å²) in [6.45, 7) is 19.6. The molecule has 5 heteroatoms. The van der Waals surface area contributed by atoms with Gasteiger partial charge in [0.1, 0.15) is 0 Å². The minimum Gasteiger partial charge on any atom is -0.383 e. The molecule has 0 bridgehead atoms. The Morgan fingerprint density at radius 1 is 0.783 bits per heavy atom. The fourth-order valence-corrected chi connectivity index (χ4v) is 1.14. The first-order valence-electron chi connectivity index (χ1n) is 8.17. The van der Waals surface area contributed by atoms with Crippen molar-refractivity contribution in [3.8, 4) is 0 Å². The minimum absolute atomic E-state index is 0.0644. The summed E-state index contributed by atoms with van der Waals surface area (Å²) >= 11 is 0. The fraction of sp³-hybridized carbons (Fsp3) is 0.889. The van der Waals surface area contributed by atoms with Gasteiger partial charge in [-0.25, -0.2) is 0 Å². The van der Waals surface area contributed by atoms with Gasteiger partial charge in [0, 0.05) is 31.0 Å². The van der Waals surface area contributed by atoms with Crippen LogP contribution in [-0.2, 0) is 14.3 Å². The Balaban J connectivity index is 0. The van der Waals surface area contributed by atoms with Crippen molar-refractivity contribution in [2.45, 2.75) is 62.3 Å². The molecule has 0 fully saturated rings. The average Bonchev–Trinajstić information content (AvgIpc) is 2.33. The lowest BCUT2D eigenvalue weighted by molar-refractivity contribution is -0.129. The van der Waals surface area contributed by atoms with Gasteiger partial charge in [0.25, 0.3) is 0 Å². The van der Waals surface area contributed by atoms with Crippen LogP contribution in [0.15, 0.2) is 0 Å². The van der Waals surface area contributed by atoms with Gasteiger partial charge in [0.15, 0.2) is 0 Å². The van der Waals surface area contributed by atoms with E-state index in [4.69, 9.17) is 4.74 Å². The maximum absolute atomic E-state index is 11.4. The van der Waals surface area contributed by atoms with Gasteiger partial charge in [-0.05, 0) is 5.41 Å². The lowest BCUT2D eigenvalue weighted by Crippen LogP contribution is -2.39. The van der Waals surface area contributed by atoms with Gasteiger partial charge in [0.05, 0.1) is 6.61 Å². The van der Waals surface area contributed by atoms with Crippen LogP contribution < -0.4 is 10.6 Å². The van der Waals surface area contributed by atoms with Crippen molar-refractivity contribution in [1.29, 1.82) is 0 Å². The van der Waals surface area contributed by atoms with Crippen LogP contribution in [0.4, 0.5) is 0 Å². The van der Waals surface area contributed by atoms with E-state index in [0.717, 1.165) is 6.54 Å². The van der Waals surface area contributed by atoms with Gasteiger partial charge in [-0.3, -0.25) is 9.59 Å². The quantitative estimate of drug-likeness (QED) is 0.779. The number of rotatable bonds is 4. The zero-order valence-corrected chi connectivity index (χ0v) is 16.8. The van der Waals surface area contributed by atoms with Crippen LogP contribution in [0.1, 0.15) is 62.3 Å². The van der Waals surface area contributed by atoms with Gasteiger partial charge in [-0.1, -0.05) is 62.3 Å². The molecule has 0 saturated carbocycles. The van der Waals surface area contributed by atoms with E-state index in [1.165, 1.54) is 0 Å². The highest BCUT2D eigenvalue weighted by Crippen LogP contribution is 2.15. The van der Waals surface area contributed by atoms with E-state index in [9.17, 15) is 9.59 Å². The Bertz CT molecular complexity index is 358. The third kappa shape index (κ3) is 15.6. The highest BCUT2D eigenvalue weighted by Gasteiger charge is 2.22. The second-order valence-electron chi connectivity index (χ2n) is 8.99. The molecule has 5 nitrogen and oxygen atoms in total. The zero-order chi connectivity index (χ0) is 18.9. The average molecular weight is 331 g/mol. The summed E-state index contributed by atoms with van der Waals surface area (Å²) in [5, 5.41) is 5.68. The number of hydrogen-bond acceptors (Lipinski definition) is 3. The largest absolute Gasteiger partial charge is 0.383 e. The highest BCUT2D eigenvalue weighted by atomic mass is 16.5. The van der Waals surface area contributed by atoms with Crippen molar-refractivity contribution < 1.29 is 14.3 Å². The molecule has 0 heterocycles. The first-order valence-corrected chi connectivity index (χ1v) is 8.17. The van der Waals surface area contributed by atoms with Crippen LogP contribution in [0, 0.1) is 16.2 Å². The van der Waals surface area contributed by atoms with Crippen molar-refractivity contribution in [2.24, 2.45) is 16.2 Å². The van der Waals surface area contributed by atoms with E-state index < -0.39 is 0 Å². The summed E-state index contributed by atoms with van der Waals surface area (Å²) in [5.74, 6) is 0.187. The van der Waals surface area contributed by atoms with Crippen molar-refractivity contribution in [2.75, 3.05) is 26.8 Å². The number of carbonyl (C=O) groups is 2. The number of methoxy groups -OCH3 is 1. The SMILES string of the molecule is CC(C)(C)CNC(=O)C(C)(C)C.COCCNC(=O)C(C)(C)C. The maximum Gasteiger partial charge on any atom is 0.225 e. The van der Waals surface area contributed by atoms with Crippen LogP contribution in [0.2, 0.25) is 0 Å². The molecule has 0 atom stereocenters. The maximum atomic E-state index is 11.4. The van der Waals surface area contributed by atoms with Crippen molar-refractivity contribution in [3.05, 3.63) is 0 Å². The normalized spacial score (nSPS) is 12.1. The van der Waals surface area contributed by atoms with Gasteiger partial charge in [0.2, 0.25) is 11.8 Å². The number of carbonyl (C=O) groups excluding carboxylic acids is 2. The molecule has 0 aromatic heterocycles. The van der Waals surface area contributed by atoms with Gasteiger partial charge >= 0.3 is 0 Å². The standard InChI is InChI=1S/C10H21NO.C8H17NO2/c1-9(2,3)7-11-8(12)10(4,5)6;1-8(2,3)7(10)9-5-6-11-4/h7H2,1-6H3,(H,11,12);5-6H2,1-4H3,(H,9,10). The monoisotopic (exact) mass is 330 g/mol. The molecule has 0 rings (SSSR count). The first-order chi connectivity index (χ1) is 10.1. The van der Waals surface area contributed by atoms with Gasteiger partial charge < -0.3 is 15.4 Å². The summed E-state index contributed by atoms with van der Waals surface area (Å²) in [7, 11) is 1.61. The van der Waals surface area contributed by atoms with Crippen LogP contribution >= 0.6 is 0 Å². The minimum atomic E-state index is -0.298. The number of ether oxygens (including phenoxy) is 1. The van der Waals surface area contributed by atoms with Crippen molar-refractivity contribution in [1.82, 2.24) is 10.6 Å². The van der Waals surface area contributed by atoms with Crippen molar-refractivity contribution in [3.63, 3.8) is 0 Å².